The van der Waals surface area contributed by atoms with Gasteiger partial charge in [0.2, 0.25) is 0 Å². The molecule has 21 heavy (non-hydrogen) atoms. The van der Waals surface area contributed by atoms with E-state index in [4.69, 9.17) is 0 Å². The van der Waals surface area contributed by atoms with Gasteiger partial charge in [0.25, 0.3) is 0 Å². The Bertz CT molecular complexity index is 857. The Hall–Kier alpha value is -1.85. The first-order chi connectivity index (χ1) is 10.0. The first kappa shape index (κ1) is 14.1. The van der Waals surface area contributed by atoms with Crippen LogP contribution in [0.1, 0.15) is 29.0 Å². The van der Waals surface area contributed by atoms with E-state index in [2.05, 4.69) is 13.0 Å². The van der Waals surface area contributed by atoms with Gasteiger partial charge in [-0.05, 0) is 41.1 Å². The van der Waals surface area contributed by atoms with E-state index in [1.165, 1.54) is 5.56 Å². The second-order valence-corrected chi connectivity index (χ2v) is 6.16. The second kappa shape index (κ2) is 5.16. The lowest BCUT2D eigenvalue weighted by atomic mass is 10.0. The highest BCUT2D eigenvalue weighted by Gasteiger charge is 2.17. The summed E-state index contributed by atoms with van der Waals surface area (Å²) >= 11 is 1.57. The van der Waals surface area contributed by atoms with Crippen LogP contribution in [0, 0.1) is 0 Å². The number of fused-ring (bicyclic) bond motifs is 1. The molecule has 110 valence electrons. The number of hydrogen-bond donors (Lipinski definition) is 1. The molecule has 0 amide bonds. The van der Waals surface area contributed by atoms with Crippen LogP contribution in [0.2, 0.25) is 0 Å². The summed E-state index contributed by atoms with van der Waals surface area (Å²) in [6, 6.07) is 7.75. The predicted octanol–water partition coefficient (Wildman–Crippen LogP) is 2.58. The molecule has 0 fully saturated rings. The van der Waals surface area contributed by atoms with E-state index in [1.807, 2.05) is 23.6 Å². The van der Waals surface area contributed by atoms with Gasteiger partial charge in [-0.2, -0.15) is 0 Å². The molecule has 0 saturated carbocycles. The number of nitrogens with zero attached hydrogens (tertiary/aromatic N) is 2. The molecular formula is C16H18N2O2S. The number of aromatic nitrogens is 2. The SMILES string of the molecule is CCc1ccsc1C(O)c1ccc2c(c1)n(C)c(=O)n2C. The number of aliphatic hydroxyl groups excluding tert-OH is 1. The number of aryl methyl sites for hydroxylation is 3. The van der Waals surface area contributed by atoms with Gasteiger partial charge in [-0.3, -0.25) is 9.13 Å². The molecule has 0 radical (unpaired) electrons. The highest BCUT2D eigenvalue weighted by atomic mass is 32.1. The zero-order valence-electron chi connectivity index (χ0n) is 12.3. The minimum Gasteiger partial charge on any atom is -0.383 e. The molecule has 0 bridgehead atoms. The molecule has 3 aromatic rings. The molecule has 0 saturated heterocycles. The third-order valence-electron chi connectivity index (χ3n) is 4.02. The van der Waals surface area contributed by atoms with Crippen LogP contribution in [-0.2, 0) is 20.5 Å². The molecule has 0 aliphatic heterocycles. The van der Waals surface area contributed by atoms with Gasteiger partial charge in [0.05, 0.1) is 11.0 Å². The average Bonchev–Trinajstić information content (AvgIpc) is 3.06. The highest BCUT2D eigenvalue weighted by Crippen LogP contribution is 2.31. The number of imidazole rings is 1. The molecule has 4 nitrogen and oxygen atoms in total. The Balaban J connectivity index is 2.13. The zero-order chi connectivity index (χ0) is 15.1. The lowest BCUT2D eigenvalue weighted by molar-refractivity contribution is 0.223. The van der Waals surface area contributed by atoms with Crippen LogP contribution in [-0.4, -0.2) is 14.2 Å². The van der Waals surface area contributed by atoms with Crippen LogP contribution in [0.4, 0.5) is 0 Å². The molecular weight excluding hydrogens is 284 g/mol. The minimum atomic E-state index is -0.639. The number of hydrogen-bond acceptors (Lipinski definition) is 3. The van der Waals surface area contributed by atoms with Crippen molar-refractivity contribution in [1.82, 2.24) is 9.13 Å². The van der Waals surface area contributed by atoms with Gasteiger partial charge < -0.3 is 5.11 Å². The summed E-state index contributed by atoms with van der Waals surface area (Å²) in [4.78, 5) is 12.9. The van der Waals surface area contributed by atoms with E-state index < -0.39 is 6.10 Å². The largest absolute Gasteiger partial charge is 0.383 e. The van der Waals surface area contributed by atoms with Gasteiger partial charge in [-0.15, -0.1) is 11.3 Å². The number of rotatable bonds is 3. The van der Waals surface area contributed by atoms with Crippen LogP contribution in [0.3, 0.4) is 0 Å². The Labute approximate surface area is 126 Å². The van der Waals surface area contributed by atoms with Crippen molar-refractivity contribution in [2.75, 3.05) is 0 Å². The van der Waals surface area contributed by atoms with Gasteiger partial charge in [0.15, 0.2) is 0 Å². The van der Waals surface area contributed by atoms with Gasteiger partial charge in [0.1, 0.15) is 6.10 Å². The van der Waals surface area contributed by atoms with Crippen molar-refractivity contribution < 1.29 is 5.11 Å². The highest BCUT2D eigenvalue weighted by molar-refractivity contribution is 7.10. The van der Waals surface area contributed by atoms with Crippen LogP contribution < -0.4 is 5.69 Å². The van der Waals surface area contributed by atoms with E-state index in [0.29, 0.717) is 0 Å². The molecule has 3 rings (SSSR count). The van der Waals surface area contributed by atoms with Gasteiger partial charge >= 0.3 is 5.69 Å². The van der Waals surface area contributed by atoms with Crippen LogP contribution in [0.25, 0.3) is 11.0 Å². The monoisotopic (exact) mass is 302 g/mol. The Morgan fingerprint density at radius 3 is 2.62 bits per heavy atom. The molecule has 0 spiro atoms. The Kier molecular flexibility index (Phi) is 3.47. The Morgan fingerprint density at radius 1 is 1.19 bits per heavy atom. The van der Waals surface area contributed by atoms with E-state index in [9.17, 15) is 9.90 Å². The number of aliphatic hydroxyl groups is 1. The summed E-state index contributed by atoms with van der Waals surface area (Å²) in [6.45, 7) is 2.09. The van der Waals surface area contributed by atoms with Crippen molar-refractivity contribution >= 4 is 22.4 Å². The van der Waals surface area contributed by atoms with Crippen molar-refractivity contribution in [1.29, 1.82) is 0 Å². The molecule has 1 aromatic carbocycles. The fraction of sp³-hybridized carbons (Fsp3) is 0.312. The molecule has 0 aliphatic rings. The fourth-order valence-corrected chi connectivity index (χ4v) is 3.73. The fourth-order valence-electron chi connectivity index (χ4n) is 2.72. The molecule has 5 heteroatoms. The molecule has 0 aliphatic carbocycles. The standard InChI is InChI=1S/C16H18N2O2S/c1-4-10-7-8-21-15(10)14(19)11-5-6-12-13(9-11)18(3)16(20)17(12)2/h5-9,14,19H,4H2,1-3H3. The van der Waals surface area contributed by atoms with Crippen LogP contribution in [0.5, 0.6) is 0 Å². The lowest BCUT2D eigenvalue weighted by Crippen LogP contribution is -2.19. The van der Waals surface area contributed by atoms with Crippen molar-refractivity contribution in [2.24, 2.45) is 14.1 Å². The quantitative estimate of drug-likeness (QED) is 0.808. The molecule has 2 aromatic heterocycles. The topological polar surface area (TPSA) is 47.2 Å². The summed E-state index contributed by atoms with van der Waals surface area (Å²) in [6.07, 6.45) is 0.266. The maximum absolute atomic E-state index is 12.0. The predicted molar refractivity (Wildman–Crippen MR) is 85.9 cm³/mol. The number of thiophene rings is 1. The summed E-state index contributed by atoms with van der Waals surface area (Å²) in [7, 11) is 3.51. The van der Waals surface area contributed by atoms with E-state index in [1.54, 1.807) is 34.6 Å². The van der Waals surface area contributed by atoms with E-state index >= 15 is 0 Å². The second-order valence-electron chi connectivity index (χ2n) is 5.21. The average molecular weight is 302 g/mol. The summed E-state index contributed by atoms with van der Waals surface area (Å²) < 4.78 is 3.23. The number of benzene rings is 1. The lowest BCUT2D eigenvalue weighted by Gasteiger charge is -2.12. The molecule has 1 N–H and O–H groups in total. The maximum Gasteiger partial charge on any atom is 0.328 e. The third kappa shape index (κ3) is 2.13. The van der Waals surface area contributed by atoms with Gasteiger partial charge in [0, 0.05) is 19.0 Å². The summed E-state index contributed by atoms with van der Waals surface area (Å²) in [5.41, 5.74) is 3.66. The summed E-state index contributed by atoms with van der Waals surface area (Å²) in [5, 5.41) is 12.6. The van der Waals surface area contributed by atoms with Crippen molar-refractivity contribution in [3.63, 3.8) is 0 Å². The van der Waals surface area contributed by atoms with Crippen LogP contribution in [0.15, 0.2) is 34.4 Å². The smallest absolute Gasteiger partial charge is 0.328 e. The van der Waals surface area contributed by atoms with Crippen molar-refractivity contribution in [2.45, 2.75) is 19.4 Å². The Morgan fingerprint density at radius 2 is 1.90 bits per heavy atom. The minimum absolute atomic E-state index is 0.0537. The maximum atomic E-state index is 12.0. The van der Waals surface area contributed by atoms with E-state index in [0.717, 1.165) is 27.9 Å². The third-order valence-corrected chi connectivity index (χ3v) is 5.03. The van der Waals surface area contributed by atoms with Crippen molar-refractivity contribution in [3.8, 4) is 0 Å². The normalized spacial score (nSPS) is 13.0. The van der Waals surface area contributed by atoms with Crippen molar-refractivity contribution in [3.05, 3.63) is 56.1 Å². The summed E-state index contributed by atoms with van der Waals surface area (Å²) in [5.74, 6) is 0. The van der Waals surface area contributed by atoms with Gasteiger partial charge in [-0.25, -0.2) is 4.79 Å². The molecule has 1 unspecified atom stereocenters. The van der Waals surface area contributed by atoms with E-state index in [-0.39, 0.29) is 5.69 Å². The zero-order valence-corrected chi connectivity index (χ0v) is 13.1. The molecule has 2 heterocycles. The van der Waals surface area contributed by atoms with Crippen LogP contribution >= 0.6 is 11.3 Å². The first-order valence-corrected chi connectivity index (χ1v) is 7.82. The van der Waals surface area contributed by atoms with Gasteiger partial charge in [-0.1, -0.05) is 13.0 Å². The first-order valence-electron chi connectivity index (χ1n) is 6.94. The molecule has 1 atom stereocenters.